The summed E-state index contributed by atoms with van der Waals surface area (Å²) in [5.74, 6) is 4.46. The van der Waals surface area contributed by atoms with Crippen LogP contribution in [-0.2, 0) is 0 Å². The zero-order valence-electron chi connectivity index (χ0n) is 14.8. The Morgan fingerprint density at radius 3 is 2.00 bits per heavy atom. The van der Waals surface area contributed by atoms with Gasteiger partial charge in [-0.2, -0.15) is 0 Å². The van der Waals surface area contributed by atoms with E-state index in [9.17, 15) is 0 Å². The van der Waals surface area contributed by atoms with E-state index in [1.165, 1.54) is 0 Å². The Balaban J connectivity index is 3.14. The van der Waals surface area contributed by atoms with Crippen molar-refractivity contribution in [3.63, 3.8) is 0 Å². The van der Waals surface area contributed by atoms with Gasteiger partial charge in [0.05, 0.1) is 0 Å². The van der Waals surface area contributed by atoms with Crippen molar-refractivity contribution in [1.82, 2.24) is 9.97 Å². The SMILES string of the molecule is CCNc1cc(N(CC(C)C)CC(C)C)nc(C(C)C)n1. The van der Waals surface area contributed by atoms with Crippen molar-refractivity contribution >= 4 is 11.6 Å². The highest BCUT2D eigenvalue weighted by Gasteiger charge is 2.15. The summed E-state index contributed by atoms with van der Waals surface area (Å²) < 4.78 is 0. The molecule has 0 fully saturated rings. The van der Waals surface area contributed by atoms with Gasteiger partial charge in [0, 0.05) is 31.6 Å². The van der Waals surface area contributed by atoms with Crippen LogP contribution in [0.2, 0.25) is 0 Å². The molecule has 4 heteroatoms. The molecule has 1 N–H and O–H groups in total. The highest BCUT2D eigenvalue weighted by molar-refractivity contribution is 5.49. The third-order valence-corrected chi connectivity index (χ3v) is 3.10. The molecule has 0 atom stereocenters. The number of nitrogens with one attached hydrogen (secondary N) is 1. The van der Waals surface area contributed by atoms with Crippen LogP contribution in [0.4, 0.5) is 11.6 Å². The summed E-state index contributed by atoms with van der Waals surface area (Å²) in [5, 5.41) is 3.33. The van der Waals surface area contributed by atoms with Crippen LogP contribution in [0.3, 0.4) is 0 Å². The molecule has 0 bridgehead atoms. The molecule has 1 aromatic heterocycles. The van der Waals surface area contributed by atoms with Gasteiger partial charge < -0.3 is 10.2 Å². The minimum absolute atomic E-state index is 0.335. The molecule has 0 unspecified atom stereocenters. The van der Waals surface area contributed by atoms with Crippen molar-refractivity contribution in [2.75, 3.05) is 29.9 Å². The van der Waals surface area contributed by atoms with Crippen molar-refractivity contribution in [1.29, 1.82) is 0 Å². The van der Waals surface area contributed by atoms with Crippen LogP contribution in [0, 0.1) is 11.8 Å². The van der Waals surface area contributed by atoms with Crippen molar-refractivity contribution in [3.8, 4) is 0 Å². The van der Waals surface area contributed by atoms with Gasteiger partial charge in [-0.05, 0) is 18.8 Å². The molecule has 4 nitrogen and oxygen atoms in total. The second-order valence-corrected chi connectivity index (χ2v) is 6.85. The van der Waals surface area contributed by atoms with E-state index < -0.39 is 0 Å². The molecule has 0 aliphatic rings. The summed E-state index contributed by atoms with van der Waals surface area (Å²) in [6.45, 7) is 18.3. The first kappa shape index (κ1) is 17.7. The third kappa shape index (κ3) is 5.90. The smallest absolute Gasteiger partial charge is 0.135 e. The van der Waals surface area contributed by atoms with Crippen LogP contribution in [0.5, 0.6) is 0 Å². The predicted octanol–water partition coefficient (Wildman–Crippen LogP) is 4.15. The molecule has 0 radical (unpaired) electrons. The lowest BCUT2D eigenvalue weighted by molar-refractivity contribution is 0.547. The van der Waals surface area contributed by atoms with E-state index >= 15 is 0 Å². The molecule has 0 aliphatic heterocycles. The van der Waals surface area contributed by atoms with Crippen molar-refractivity contribution in [3.05, 3.63) is 11.9 Å². The van der Waals surface area contributed by atoms with Gasteiger partial charge in [-0.1, -0.05) is 41.5 Å². The summed E-state index contributed by atoms with van der Waals surface area (Å²) in [4.78, 5) is 11.8. The number of hydrogen-bond donors (Lipinski definition) is 1. The molecule has 1 aromatic rings. The Labute approximate surface area is 130 Å². The molecule has 0 spiro atoms. The minimum Gasteiger partial charge on any atom is -0.370 e. The van der Waals surface area contributed by atoms with Gasteiger partial charge in [0.2, 0.25) is 0 Å². The van der Waals surface area contributed by atoms with Crippen molar-refractivity contribution < 1.29 is 0 Å². The van der Waals surface area contributed by atoms with E-state index in [-0.39, 0.29) is 0 Å². The standard InChI is InChI=1S/C17H32N4/c1-8-18-15-9-16(20-17(19-15)14(6)7)21(10-12(2)3)11-13(4)5/h9,12-14H,8,10-11H2,1-7H3,(H,18,19,20). The number of nitrogens with zero attached hydrogens (tertiary/aromatic N) is 3. The summed E-state index contributed by atoms with van der Waals surface area (Å²) in [6.07, 6.45) is 0. The monoisotopic (exact) mass is 292 g/mol. The Morgan fingerprint density at radius 1 is 1.00 bits per heavy atom. The molecule has 0 aromatic carbocycles. The van der Waals surface area contributed by atoms with E-state index in [2.05, 4.69) is 69.7 Å². The van der Waals surface area contributed by atoms with Crippen LogP contribution in [0.15, 0.2) is 6.07 Å². The number of aromatic nitrogens is 2. The van der Waals surface area contributed by atoms with Crippen molar-refractivity contribution in [2.24, 2.45) is 11.8 Å². The zero-order valence-corrected chi connectivity index (χ0v) is 14.8. The second kappa shape index (κ2) is 8.20. The topological polar surface area (TPSA) is 41.0 Å². The lowest BCUT2D eigenvalue weighted by atomic mass is 10.1. The van der Waals surface area contributed by atoms with Crippen LogP contribution in [-0.4, -0.2) is 29.6 Å². The fourth-order valence-corrected chi connectivity index (χ4v) is 2.29. The third-order valence-electron chi connectivity index (χ3n) is 3.10. The quantitative estimate of drug-likeness (QED) is 0.781. The van der Waals surface area contributed by atoms with Gasteiger partial charge in [-0.3, -0.25) is 0 Å². The summed E-state index contributed by atoms with van der Waals surface area (Å²) in [5.41, 5.74) is 0. The van der Waals surface area contributed by atoms with Gasteiger partial charge in [0.25, 0.3) is 0 Å². The average molecular weight is 292 g/mol. The largest absolute Gasteiger partial charge is 0.370 e. The van der Waals surface area contributed by atoms with Crippen molar-refractivity contribution in [2.45, 2.75) is 54.4 Å². The van der Waals surface area contributed by atoms with E-state index in [4.69, 9.17) is 4.98 Å². The minimum atomic E-state index is 0.335. The summed E-state index contributed by atoms with van der Waals surface area (Å²) in [6, 6.07) is 2.08. The molecule has 120 valence electrons. The first-order chi connectivity index (χ1) is 9.83. The molecule has 1 rings (SSSR count). The van der Waals surface area contributed by atoms with Gasteiger partial charge in [-0.25, -0.2) is 9.97 Å². The Morgan fingerprint density at radius 2 is 1.57 bits per heavy atom. The molecular weight excluding hydrogens is 260 g/mol. The van der Waals surface area contributed by atoms with E-state index in [1.807, 2.05) is 0 Å². The maximum atomic E-state index is 4.80. The molecule has 0 amide bonds. The normalized spacial score (nSPS) is 11.5. The van der Waals surface area contributed by atoms with E-state index in [1.54, 1.807) is 0 Å². The number of rotatable bonds is 8. The maximum Gasteiger partial charge on any atom is 0.135 e. The second-order valence-electron chi connectivity index (χ2n) is 6.85. The Hall–Kier alpha value is -1.32. The van der Waals surface area contributed by atoms with Gasteiger partial charge >= 0.3 is 0 Å². The number of hydrogen-bond acceptors (Lipinski definition) is 4. The fraction of sp³-hybridized carbons (Fsp3) is 0.765. The maximum absolute atomic E-state index is 4.80. The Kier molecular flexibility index (Phi) is 6.93. The van der Waals surface area contributed by atoms with E-state index in [0.29, 0.717) is 17.8 Å². The van der Waals surface area contributed by atoms with E-state index in [0.717, 1.165) is 37.1 Å². The average Bonchev–Trinajstić information content (AvgIpc) is 2.36. The van der Waals surface area contributed by atoms with Crippen LogP contribution >= 0.6 is 0 Å². The summed E-state index contributed by atoms with van der Waals surface area (Å²) >= 11 is 0. The van der Waals surface area contributed by atoms with Gasteiger partial charge in [-0.15, -0.1) is 0 Å². The first-order valence-electron chi connectivity index (χ1n) is 8.21. The Bertz CT molecular complexity index is 417. The van der Waals surface area contributed by atoms with Crippen LogP contribution in [0.25, 0.3) is 0 Å². The van der Waals surface area contributed by atoms with Gasteiger partial charge in [0.15, 0.2) is 0 Å². The fourth-order valence-electron chi connectivity index (χ4n) is 2.29. The number of anilines is 2. The molecule has 0 aliphatic carbocycles. The van der Waals surface area contributed by atoms with Gasteiger partial charge in [0.1, 0.15) is 17.5 Å². The molecule has 21 heavy (non-hydrogen) atoms. The zero-order chi connectivity index (χ0) is 16.0. The first-order valence-corrected chi connectivity index (χ1v) is 8.21. The van der Waals surface area contributed by atoms with Crippen LogP contribution in [0.1, 0.15) is 60.2 Å². The van der Waals surface area contributed by atoms with Crippen LogP contribution < -0.4 is 10.2 Å². The molecule has 0 saturated carbocycles. The predicted molar refractivity (Wildman–Crippen MR) is 92.2 cm³/mol. The lowest BCUT2D eigenvalue weighted by Crippen LogP contribution is -2.32. The molecule has 1 heterocycles. The summed E-state index contributed by atoms with van der Waals surface area (Å²) in [7, 11) is 0. The molecular formula is C17H32N4. The molecule has 0 saturated heterocycles. The highest BCUT2D eigenvalue weighted by atomic mass is 15.2. The lowest BCUT2D eigenvalue weighted by Gasteiger charge is -2.28. The highest BCUT2D eigenvalue weighted by Crippen LogP contribution is 2.22.